The van der Waals surface area contributed by atoms with Crippen molar-refractivity contribution in [2.45, 2.75) is 72.1 Å². The minimum atomic E-state index is -0.143. The maximum atomic E-state index is 12.0. The van der Waals surface area contributed by atoms with Crippen LogP contribution in [-0.2, 0) is 9.53 Å². The monoisotopic (exact) mass is 270 g/mol. The number of hydrogen-bond donors (Lipinski definition) is 2. The zero-order valence-corrected chi connectivity index (χ0v) is 13.0. The van der Waals surface area contributed by atoms with Crippen LogP contribution in [0.1, 0.15) is 53.9 Å². The van der Waals surface area contributed by atoms with Gasteiger partial charge in [-0.2, -0.15) is 0 Å². The van der Waals surface area contributed by atoms with Gasteiger partial charge in [0.15, 0.2) is 0 Å². The summed E-state index contributed by atoms with van der Waals surface area (Å²) < 4.78 is 5.88. The zero-order valence-electron chi connectivity index (χ0n) is 13.0. The largest absolute Gasteiger partial charge is 0.378 e. The van der Waals surface area contributed by atoms with E-state index in [4.69, 9.17) is 10.5 Å². The molecule has 0 radical (unpaired) electrons. The molecule has 0 aromatic rings. The van der Waals surface area contributed by atoms with Gasteiger partial charge in [0.1, 0.15) is 0 Å². The average molecular weight is 270 g/mol. The van der Waals surface area contributed by atoms with E-state index in [-0.39, 0.29) is 35.4 Å². The Hall–Kier alpha value is -0.610. The summed E-state index contributed by atoms with van der Waals surface area (Å²) in [5, 5.41) is 3.11. The van der Waals surface area contributed by atoms with E-state index in [0.29, 0.717) is 0 Å². The maximum Gasteiger partial charge on any atom is 0.224 e. The summed E-state index contributed by atoms with van der Waals surface area (Å²) in [4.78, 5) is 12.0. The standard InChI is InChI=1S/C15H30N2O2/c1-6-7-8-19-13-9-12(15(13,4)5)17-14(18)10(2)11(3)16/h10-13H,6-9,16H2,1-5H3,(H,17,18). The van der Waals surface area contributed by atoms with Crippen LogP contribution in [0.2, 0.25) is 0 Å². The minimum absolute atomic E-state index is 0.0148. The summed E-state index contributed by atoms with van der Waals surface area (Å²) in [5.74, 6) is -0.0871. The van der Waals surface area contributed by atoms with Gasteiger partial charge in [-0.15, -0.1) is 0 Å². The van der Waals surface area contributed by atoms with Gasteiger partial charge in [0.2, 0.25) is 5.91 Å². The van der Waals surface area contributed by atoms with Crippen molar-refractivity contribution in [3.63, 3.8) is 0 Å². The smallest absolute Gasteiger partial charge is 0.224 e. The Kier molecular flexibility index (Phi) is 5.81. The lowest BCUT2D eigenvalue weighted by atomic mass is 9.64. The molecule has 3 N–H and O–H groups in total. The highest BCUT2D eigenvalue weighted by atomic mass is 16.5. The molecule has 1 saturated carbocycles. The van der Waals surface area contributed by atoms with Crippen molar-refractivity contribution in [3.8, 4) is 0 Å². The van der Waals surface area contributed by atoms with Gasteiger partial charge < -0.3 is 15.8 Å². The molecule has 0 spiro atoms. The number of rotatable bonds is 7. The summed E-state index contributed by atoms with van der Waals surface area (Å²) in [6.07, 6.45) is 3.42. The molecule has 0 aromatic heterocycles. The molecular formula is C15H30N2O2. The van der Waals surface area contributed by atoms with Crippen molar-refractivity contribution in [1.29, 1.82) is 0 Å². The fourth-order valence-electron chi connectivity index (χ4n) is 2.33. The van der Waals surface area contributed by atoms with Crippen LogP contribution in [-0.4, -0.2) is 30.7 Å². The van der Waals surface area contributed by atoms with Gasteiger partial charge in [0.25, 0.3) is 0 Å². The molecule has 1 aliphatic carbocycles. The second-order valence-electron chi connectivity index (χ2n) is 6.48. The normalized spacial score (nSPS) is 28.3. The van der Waals surface area contributed by atoms with Crippen molar-refractivity contribution in [2.75, 3.05) is 6.61 Å². The molecule has 1 fully saturated rings. The van der Waals surface area contributed by atoms with E-state index in [1.54, 1.807) is 0 Å². The average Bonchev–Trinajstić information content (AvgIpc) is 2.35. The molecule has 4 nitrogen and oxygen atoms in total. The Morgan fingerprint density at radius 1 is 1.47 bits per heavy atom. The van der Waals surface area contributed by atoms with Crippen LogP contribution in [0.4, 0.5) is 0 Å². The van der Waals surface area contributed by atoms with Crippen molar-refractivity contribution in [1.82, 2.24) is 5.32 Å². The SMILES string of the molecule is CCCCOC1CC(NC(=O)C(C)C(C)N)C1(C)C. The molecule has 1 amide bonds. The Labute approximate surface area is 117 Å². The second kappa shape index (κ2) is 6.71. The number of hydrogen-bond acceptors (Lipinski definition) is 3. The predicted octanol–water partition coefficient (Wildman–Crippen LogP) is 2.07. The lowest BCUT2D eigenvalue weighted by Gasteiger charge is -2.52. The second-order valence-corrected chi connectivity index (χ2v) is 6.48. The fourth-order valence-corrected chi connectivity index (χ4v) is 2.33. The number of carbonyl (C=O) groups excluding carboxylic acids is 1. The highest BCUT2D eigenvalue weighted by Crippen LogP contribution is 2.42. The summed E-state index contributed by atoms with van der Waals surface area (Å²) in [6, 6.07) is 0.0904. The van der Waals surface area contributed by atoms with E-state index in [0.717, 1.165) is 25.9 Å². The van der Waals surface area contributed by atoms with Crippen LogP contribution in [0.15, 0.2) is 0 Å². The van der Waals surface area contributed by atoms with E-state index in [1.165, 1.54) is 0 Å². The number of nitrogens with two attached hydrogens (primary N) is 1. The quantitative estimate of drug-likeness (QED) is 0.696. The summed E-state index contributed by atoms with van der Waals surface area (Å²) in [5.41, 5.74) is 5.78. The van der Waals surface area contributed by atoms with E-state index in [9.17, 15) is 4.79 Å². The van der Waals surface area contributed by atoms with Gasteiger partial charge in [0.05, 0.1) is 6.10 Å². The number of amides is 1. The molecule has 0 aliphatic heterocycles. The third-order valence-electron chi connectivity index (χ3n) is 4.51. The van der Waals surface area contributed by atoms with Crippen LogP contribution in [0.3, 0.4) is 0 Å². The first kappa shape index (κ1) is 16.4. The van der Waals surface area contributed by atoms with Gasteiger partial charge in [-0.1, -0.05) is 34.1 Å². The molecule has 4 atom stereocenters. The molecule has 19 heavy (non-hydrogen) atoms. The van der Waals surface area contributed by atoms with Crippen LogP contribution < -0.4 is 11.1 Å². The molecule has 0 aromatic carbocycles. The Morgan fingerprint density at radius 2 is 2.11 bits per heavy atom. The van der Waals surface area contributed by atoms with Gasteiger partial charge >= 0.3 is 0 Å². The van der Waals surface area contributed by atoms with Crippen molar-refractivity contribution in [2.24, 2.45) is 17.1 Å². The van der Waals surface area contributed by atoms with Gasteiger partial charge in [-0.25, -0.2) is 0 Å². The van der Waals surface area contributed by atoms with E-state index < -0.39 is 0 Å². The van der Waals surface area contributed by atoms with Gasteiger partial charge in [-0.3, -0.25) is 4.79 Å². The van der Waals surface area contributed by atoms with Crippen molar-refractivity contribution >= 4 is 5.91 Å². The Morgan fingerprint density at radius 3 is 2.58 bits per heavy atom. The van der Waals surface area contributed by atoms with Crippen LogP contribution in [0.25, 0.3) is 0 Å². The Balaban J connectivity index is 2.40. The molecule has 1 aliphatic rings. The lowest BCUT2D eigenvalue weighted by molar-refractivity contribution is -0.140. The molecule has 0 bridgehead atoms. The number of unbranched alkanes of at least 4 members (excludes halogenated alkanes) is 1. The molecule has 1 rings (SSSR count). The fraction of sp³-hybridized carbons (Fsp3) is 0.933. The van der Waals surface area contributed by atoms with Crippen LogP contribution in [0.5, 0.6) is 0 Å². The van der Waals surface area contributed by atoms with Gasteiger partial charge in [-0.05, 0) is 19.8 Å². The van der Waals surface area contributed by atoms with Crippen LogP contribution in [0, 0.1) is 11.3 Å². The number of nitrogens with one attached hydrogen (secondary N) is 1. The zero-order chi connectivity index (χ0) is 14.6. The van der Waals surface area contributed by atoms with E-state index >= 15 is 0 Å². The predicted molar refractivity (Wildman–Crippen MR) is 77.8 cm³/mol. The summed E-state index contributed by atoms with van der Waals surface area (Å²) >= 11 is 0. The molecule has 0 heterocycles. The van der Waals surface area contributed by atoms with Crippen molar-refractivity contribution in [3.05, 3.63) is 0 Å². The minimum Gasteiger partial charge on any atom is -0.378 e. The first-order valence-corrected chi connectivity index (χ1v) is 7.48. The highest BCUT2D eigenvalue weighted by Gasteiger charge is 2.49. The highest BCUT2D eigenvalue weighted by molar-refractivity contribution is 5.79. The van der Waals surface area contributed by atoms with Crippen LogP contribution >= 0.6 is 0 Å². The molecular weight excluding hydrogens is 240 g/mol. The van der Waals surface area contributed by atoms with Crippen molar-refractivity contribution < 1.29 is 9.53 Å². The summed E-state index contributed by atoms with van der Waals surface area (Å²) in [7, 11) is 0. The number of ether oxygens (including phenoxy) is 1. The first-order valence-electron chi connectivity index (χ1n) is 7.48. The Bertz CT molecular complexity index is 303. The first-order chi connectivity index (χ1) is 8.80. The topological polar surface area (TPSA) is 64.3 Å². The number of carbonyl (C=O) groups is 1. The molecule has 4 unspecified atom stereocenters. The summed E-state index contributed by atoms with van der Waals surface area (Å²) in [6.45, 7) is 11.0. The maximum absolute atomic E-state index is 12.0. The molecule has 4 heteroatoms. The molecule has 112 valence electrons. The lowest BCUT2D eigenvalue weighted by Crippen LogP contribution is -2.63. The van der Waals surface area contributed by atoms with Gasteiger partial charge in [0, 0.05) is 30.0 Å². The third kappa shape index (κ3) is 3.93. The van der Waals surface area contributed by atoms with E-state index in [1.807, 2.05) is 13.8 Å². The van der Waals surface area contributed by atoms with E-state index in [2.05, 4.69) is 26.1 Å². The third-order valence-corrected chi connectivity index (χ3v) is 4.51. The molecule has 0 saturated heterocycles.